The maximum atomic E-state index is 5.73. The second-order valence-corrected chi connectivity index (χ2v) is 4.29. The van der Waals surface area contributed by atoms with Crippen molar-refractivity contribution in [2.45, 2.75) is 26.3 Å². The van der Waals surface area contributed by atoms with Crippen LogP contribution in [0.1, 0.15) is 19.4 Å². The zero-order chi connectivity index (χ0) is 12.0. The summed E-state index contributed by atoms with van der Waals surface area (Å²) < 4.78 is 5.53. The average Bonchev–Trinajstić information content (AvgIpc) is 2.27. The van der Waals surface area contributed by atoms with Crippen molar-refractivity contribution in [1.82, 2.24) is 0 Å². The maximum absolute atomic E-state index is 5.73. The molecule has 16 heavy (non-hydrogen) atoms. The van der Waals surface area contributed by atoms with Crippen LogP contribution in [-0.4, -0.2) is 12.6 Å². The average molecular weight is 240 g/mol. The van der Waals surface area contributed by atoms with E-state index in [9.17, 15) is 0 Å². The van der Waals surface area contributed by atoms with E-state index in [-0.39, 0.29) is 6.04 Å². The quantitative estimate of drug-likeness (QED) is 0.857. The largest absolute Gasteiger partial charge is 0.489 e. The Balaban J connectivity index is 2.51. The number of ether oxygens (including phenoxy) is 1. The van der Waals surface area contributed by atoms with E-state index in [0.29, 0.717) is 6.61 Å². The Kier molecular flexibility index (Phi) is 5.36. The zero-order valence-corrected chi connectivity index (χ0v) is 10.5. The van der Waals surface area contributed by atoms with Gasteiger partial charge in [-0.1, -0.05) is 23.7 Å². The van der Waals surface area contributed by atoms with Crippen molar-refractivity contribution in [2.75, 3.05) is 6.61 Å². The van der Waals surface area contributed by atoms with Crippen molar-refractivity contribution >= 4 is 11.6 Å². The minimum atomic E-state index is 0.188. The van der Waals surface area contributed by atoms with Crippen LogP contribution in [0, 0.1) is 0 Å². The molecule has 1 aromatic carbocycles. The fourth-order valence-corrected chi connectivity index (χ4v) is 1.39. The molecule has 0 saturated heterocycles. The van der Waals surface area contributed by atoms with Gasteiger partial charge in [0.25, 0.3) is 0 Å². The molecule has 2 N–H and O–H groups in total. The molecule has 0 radical (unpaired) electrons. The molecule has 0 heterocycles. The molecule has 0 aromatic heterocycles. The first-order valence-electron chi connectivity index (χ1n) is 5.35. The molecule has 0 bridgehead atoms. The monoisotopic (exact) mass is 239 g/mol. The molecular weight excluding hydrogens is 222 g/mol. The van der Waals surface area contributed by atoms with Gasteiger partial charge in [0.05, 0.1) is 0 Å². The Morgan fingerprint density at radius 2 is 2.06 bits per heavy atom. The maximum Gasteiger partial charge on any atom is 0.119 e. The van der Waals surface area contributed by atoms with E-state index in [4.69, 9.17) is 22.1 Å². The lowest BCUT2D eigenvalue weighted by Crippen LogP contribution is -2.17. The van der Waals surface area contributed by atoms with Gasteiger partial charge in [-0.2, -0.15) is 0 Å². The van der Waals surface area contributed by atoms with E-state index in [1.165, 1.54) is 11.1 Å². The number of benzene rings is 1. The molecule has 1 unspecified atom stereocenters. The lowest BCUT2D eigenvalue weighted by atomic mass is 10.1. The Morgan fingerprint density at radius 1 is 1.44 bits per heavy atom. The summed E-state index contributed by atoms with van der Waals surface area (Å²) in [6.07, 6.45) is 0.890. The van der Waals surface area contributed by atoms with Crippen LogP contribution in [0.3, 0.4) is 0 Å². The third kappa shape index (κ3) is 4.69. The van der Waals surface area contributed by atoms with Crippen molar-refractivity contribution in [1.29, 1.82) is 0 Å². The number of hydrogen-bond donors (Lipinski definition) is 1. The van der Waals surface area contributed by atoms with Gasteiger partial charge >= 0.3 is 0 Å². The highest BCUT2D eigenvalue weighted by atomic mass is 35.5. The number of hydrogen-bond acceptors (Lipinski definition) is 2. The predicted octanol–water partition coefficient (Wildman–Crippen LogP) is 3.10. The van der Waals surface area contributed by atoms with Gasteiger partial charge in [-0.15, -0.1) is 0 Å². The van der Waals surface area contributed by atoms with Crippen LogP contribution < -0.4 is 10.5 Å². The molecule has 2 nitrogen and oxygen atoms in total. The Hall–Kier alpha value is -0.990. The molecule has 3 heteroatoms. The van der Waals surface area contributed by atoms with Crippen molar-refractivity contribution in [3.05, 3.63) is 40.9 Å². The molecule has 1 rings (SSSR count). The van der Waals surface area contributed by atoms with Crippen molar-refractivity contribution < 1.29 is 4.74 Å². The summed E-state index contributed by atoms with van der Waals surface area (Å²) in [4.78, 5) is 0. The standard InChI is InChI=1S/C13H18ClNO/c1-10(8-14)9-16-13-5-3-12(4-6-13)7-11(2)15/h3-6,8,11H,7,9,15H2,1-2H3/b10-8+. The van der Waals surface area contributed by atoms with E-state index < -0.39 is 0 Å². The van der Waals surface area contributed by atoms with Crippen LogP contribution in [0.4, 0.5) is 0 Å². The minimum Gasteiger partial charge on any atom is -0.489 e. The van der Waals surface area contributed by atoms with E-state index in [1.54, 1.807) is 0 Å². The first kappa shape index (κ1) is 13.1. The summed E-state index contributed by atoms with van der Waals surface area (Å²) in [6, 6.07) is 8.18. The van der Waals surface area contributed by atoms with Gasteiger partial charge in [0.2, 0.25) is 0 Å². The SMILES string of the molecule is C/C(=C\Cl)COc1ccc(CC(C)N)cc1. The summed E-state index contributed by atoms with van der Waals surface area (Å²) in [5, 5.41) is 0. The van der Waals surface area contributed by atoms with Crippen LogP contribution in [0.2, 0.25) is 0 Å². The fraction of sp³-hybridized carbons (Fsp3) is 0.385. The summed E-state index contributed by atoms with van der Waals surface area (Å²) in [5.74, 6) is 0.853. The molecular formula is C13H18ClNO. The summed E-state index contributed by atoms with van der Waals surface area (Å²) in [7, 11) is 0. The van der Waals surface area contributed by atoms with Crippen molar-refractivity contribution in [3.8, 4) is 5.75 Å². The van der Waals surface area contributed by atoms with E-state index >= 15 is 0 Å². The van der Waals surface area contributed by atoms with Gasteiger partial charge in [0, 0.05) is 11.6 Å². The number of nitrogens with two attached hydrogens (primary N) is 1. The lowest BCUT2D eigenvalue weighted by molar-refractivity contribution is 0.352. The molecule has 0 amide bonds. The van der Waals surface area contributed by atoms with Crippen molar-refractivity contribution in [3.63, 3.8) is 0 Å². The van der Waals surface area contributed by atoms with Gasteiger partial charge < -0.3 is 10.5 Å². The second kappa shape index (κ2) is 6.56. The molecule has 0 aliphatic rings. The highest BCUT2D eigenvalue weighted by molar-refractivity contribution is 6.25. The van der Waals surface area contributed by atoms with E-state index in [1.807, 2.05) is 38.1 Å². The normalized spacial score (nSPS) is 13.6. The van der Waals surface area contributed by atoms with Gasteiger partial charge in [-0.3, -0.25) is 0 Å². The van der Waals surface area contributed by atoms with Crippen LogP contribution in [0.5, 0.6) is 5.75 Å². The number of rotatable bonds is 5. The van der Waals surface area contributed by atoms with Crippen molar-refractivity contribution in [2.24, 2.45) is 5.73 Å². The summed E-state index contributed by atoms with van der Waals surface area (Å²) in [5.41, 5.74) is 9.49. The highest BCUT2D eigenvalue weighted by Gasteiger charge is 1.99. The Morgan fingerprint density at radius 3 is 2.56 bits per heavy atom. The van der Waals surface area contributed by atoms with Gasteiger partial charge in [-0.05, 0) is 43.5 Å². The van der Waals surface area contributed by atoms with Gasteiger partial charge in [0.1, 0.15) is 12.4 Å². The van der Waals surface area contributed by atoms with Crippen LogP contribution in [0.25, 0.3) is 0 Å². The smallest absolute Gasteiger partial charge is 0.119 e. The van der Waals surface area contributed by atoms with Crippen LogP contribution in [0.15, 0.2) is 35.4 Å². The van der Waals surface area contributed by atoms with Gasteiger partial charge in [0.15, 0.2) is 0 Å². The molecule has 0 saturated carbocycles. The third-order valence-electron chi connectivity index (χ3n) is 2.13. The molecule has 0 fully saturated rings. The summed E-state index contributed by atoms with van der Waals surface area (Å²) >= 11 is 5.54. The fourth-order valence-electron chi connectivity index (χ4n) is 1.32. The van der Waals surface area contributed by atoms with Gasteiger partial charge in [-0.25, -0.2) is 0 Å². The molecule has 1 aromatic rings. The predicted molar refractivity (Wildman–Crippen MR) is 68.9 cm³/mol. The lowest BCUT2D eigenvalue weighted by Gasteiger charge is -2.08. The number of halogens is 1. The molecule has 0 spiro atoms. The Bertz CT molecular complexity index is 343. The molecule has 88 valence electrons. The molecule has 1 atom stereocenters. The second-order valence-electron chi connectivity index (χ2n) is 4.07. The van der Waals surface area contributed by atoms with Crippen LogP contribution >= 0.6 is 11.6 Å². The third-order valence-corrected chi connectivity index (χ3v) is 2.51. The Labute approximate surface area is 102 Å². The highest BCUT2D eigenvalue weighted by Crippen LogP contribution is 2.14. The van der Waals surface area contributed by atoms with E-state index in [2.05, 4.69) is 0 Å². The topological polar surface area (TPSA) is 35.2 Å². The first-order valence-corrected chi connectivity index (χ1v) is 5.78. The molecule has 0 aliphatic heterocycles. The molecule has 0 aliphatic carbocycles. The zero-order valence-electron chi connectivity index (χ0n) is 9.74. The minimum absolute atomic E-state index is 0.188. The summed E-state index contributed by atoms with van der Waals surface area (Å²) in [6.45, 7) is 4.45. The van der Waals surface area contributed by atoms with E-state index in [0.717, 1.165) is 17.7 Å². The van der Waals surface area contributed by atoms with Crippen LogP contribution in [-0.2, 0) is 6.42 Å². The first-order chi connectivity index (χ1) is 7.61.